The molecule has 2 aromatic rings. The maximum atomic E-state index is 4.58. The average Bonchev–Trinajstić information content (AvgIpc) is 2.83. The minimum atomic E-state index is 0.318. The third-order valence-electron chi connectivity index (χ3n) is 4.05. The van der Waals surface area contributed by atoms with Crippen LogP contribution in [0, 0.1) is 20.8 Å². The predicted molar refractivity (Wildman–Crippen MR) is 88.7 cm³/mol. The largest absolute Gasteiger partial charge is 0.309 e. The van der Waals surface area contributed by atoms with Gasteiger partial charge < -0.3 is 5.32 Å². The van der Waals surface area contributed by atoms with Crippen molar-refractivity contribution in [1.29, 1.82) is 0 Å². The summed E-state index contributed by atoms with van der Waals surface area (Å²) in [5, 5.41) is 8.19. The number of nitrogens with zero attached hydrogens (tertiary/aromatic N) is 2. The van der Waals surface area contributed by atoms with Crippen molar-refractivity contribution in [3.8, 4) is 0 Å². The van der Waals surface area contributed by atoms with E-state index in [9.17, 15) is 0 Å². The quantitative estimate of drug-likeness (QED) is 0.876. The predicted octanol–water partition coefficient (Wildman–Crippen LogP) is 3.72. The summed E-state index contributed by atoms with van der Waals surface area (Å²) in [4.78, 5) is 0. The molecule has 0 amide bonds. The molecule has 0 fully saturated rings. The van der Waals surface area contributed by atoms with Crippen LogP contribution in [0.1, 0.15) is 48.0 Å². The Kier molecular flexibility index (Phi) is 5.18. The first-order valence-electron chi connectivity index (χ1n) is 7.89. The number of hydrogen-bond acceptors (Lipinski definition) is 2. The summed E-state index contributed by atoms with van der Waals surface area (Å²) >= 11 is 0. The van der Waals surface area contributed by atoms with Gasteiger partial charge in [-0.25, -0.2) is 0 Å². The highest BCUT2D eigenvalue weighted by molar-refractivity contribution is 5.31. The highest BCUT2D eigenvalue weighted by atomic mass is 15.3. The second kappa shape index (κ2) is 6.90. The van der Waals surface area contributed by atoms with Crippen molar-refractivity contribution < 1.29 is 0 Å². The monoisotopic (exact) mass is 285 g/mol. The van der Waals surface area contributed by atoms with Gasteiger partial charge in [0.05, 0.1) is 17.4 Å². The van der Waals surface area contributed by atoms with E-state index in [2.05, 4.69) is 74.0 Å². The Morgan fingerprint density at radius 2 is 1.86 bits per heavy atom. The molecule has 0 aliphatic carbocycles. The van der Waals surface area contributed by atoms with Gasteiger partial charge in [0, 0.05) is 6.54 Å². The van der Waals surface area contributed by atoms with E-state index in [1.807, 2.05) is 0 Å². The highest BCUT2D eigenvalue weighted by Gasteiger charge is 2.17. The highest BCUT2D eigenvalue weighted by Crippen LogP contribution is 2.21. The molecule has 0 aliphatic heterocycles. The van der Waals surface area contributed by atoms with Gasteiger partial charge in [0.1, 0.15) is 0 Å². The first-order valence-corrected chi connectivity index (χ1v) is 7.89. The van der Waals surface area contributed by atoms with E-state index in [4.69, 9.17) is 0 Å². The van der Waals surface area contributed by atoms with Gasteiger partial charge in [0.2, 0.25) is 0 Å². The molecule has 0 saturated heterocycles. The Bertz CT molecular complexity index is 599. The fraction of sp³-hybridized carbons (Fsp3) is 0.500. The molecule has 1 heterocycles. The lowest BCUT2D eigenvalue weighted by Crippen LogP contribution is -2.25. The molecule has 1 unspecified atom stereocenters. The number of likely N-dealkylation sites (N-methyl/N-ethyl adjacent to an activating group) is 1. The number of aryl methyl sites for hydroxylation is 4. The Hall–Kier alpha value is -1.61. The minimum Gasteiger partial charge on any atom is -0.309 e. The van der Waals surface area contributed by atoms with Gasteiger partial charge in [-0.2, -0.15) is 5.10 Å². The van der Waals surface area contributed by atoms with Crippen LogP contribution in [0.2, 0.25) is 0 Å². The smallest absolute Gasteiger partial charge is 0.0597 e. The van der Waals surface area contributed by atoms with Gasteiger partial charge in [0.25, 0.3) is 0 Å². The summed E-state index contributed by atoms with van der Waals surface area (Å²) in [5.41, 5.74) is 6.48. The van der Waals surface area contributed by atoms with Crippen molar-refractivity contribution in [2.45, 2.75) is 53.6 Å². The Balaban J connectivity index is 2.27. The van der Waals surface area contributed by atoms with Crippen LogP contribution in [-0.2, 0) is 13.0 Å². The lowest BCUT2D eigenvalue weighted by molar-refractivity contribution is 0.489. The lowest BCUT2D eigenvalue weighted by atomic mass is 9.99. The van der Waals surface area contributed by atoms with E-state index >= 15 is 0 Å². The molecule has 3 nitrogen and oxygen atoms in total. The van der Waals surface area contributed by atoms with Crippen LogP contribution in [-0.4, -0.2) is 16.3 Å². The second-order valence-corrected chi connectivity index (χ2v) is 5.76. The van der Waals surface area contributed by atoms with Crippen molar-refractivity contribution in [2.75, 3.05) is 6.54 Å². The van der Waals surface area contributed by atoms with E-state index in [1.165, 1.54) is 22.4 Å². The van der Waals surface area contributed by atoms with E-state index < -0.39 is 0 Å². The molecular weight excluding hydrogens is 258 g/mol. The van der Waals surface area contributed by atoms with E-state index in [0.29, 0.717) is 6.04 Å². The maximum absolute atomic E-state index is 4.58. The number of aromatic nitrogens is 2. The van der Waals surface area contributed by atoms with E-state index in [-0.39, 0.29) is 0 Å². The molecule has 0 saturated carbocycles. The molecule has 1 aromatic carbocycles. The second-order valence-electron chi connectivity index (χ2n) is 5.76. The summed E-state index contributed by atoms with van der Waals surface area (Å²) in [6.07, 6.45) is 1.00. The Morgan fingerprint density at radius 1 is 1.10 bits per heavy atom. The zero-order valence-electron chi connectivity index (χ0n) is 13.9. The Labute approximate surface area is 128 Å². The normalized spacial score (nSPS) is 12.6. The van der Waals surface area contributed by atoms with Gasteiger partial charge in [-0.1, -0.05) is 25.1 Å². The van der Waals surface area contributed by atoms with Crippen LogP contribution in [0.15, 0.2) is 24.3 Å². The van der Waals surface area contributed by atoms with Crippen LogP contribution >= 0.6 is 0 Å². The van der Waals surface area contributed by atoms with Crippen molar-refractivity contribution >= 4 is 0 Å². The fourth-order valence-corrected chi connectivity index (χ4v) is 2.79. The molecule has 0 aliphatic rings. The summed E-state index contributed by atoms with van der Waals surface area (Å²) < 4.78 is 2.11. The van der Waals surface area contributed by atoms with Crippen molar-refractivity contribution in [3.63, 3.8) is 0 Å². The van der Waals surface area contributed by atoms with Crippen LogP contribution in [0.25, 0.3) is 0 Å². The molecule has 1 atom stereocenters. The molecule has 1 aromatic heterocycles. The molecule has 0 bridgehead atoms. The summed E-state index contributed by atoms with van der Waals surface area (Å²) in [6, 6.07) is 9.29. The average molecular weight is 285 g/mol. The topological polar surface area (TPSA) is 29.9 Å². The number of benzene rings is 1. The Morgan fingerprint density at radius 3 is 2.48 bits per heavy atom. The van der Waals surface area contributed by atoms with Crippen molar-refractivity contribution in [2.24, 2.45) is 0 Å². The summed E-state index contributed by atoms with van der Waals surface area (Å²) in [6.45, 7) is 12.6. The van der Waals surface area contributed by atoms with Crippen molar-refractivity contribution in [1.82, 2.24) is 15.1 Å². The van der Waals surface area contributed by atoms with Crippen molar-refractivity contribution in [3.05, 3.63) is 52.3 Å². The molecule has 1 N–H and O–H groups in total. The van der Waals surface area contributed by atoms with Gasteiger partial charge >= 0.3 is 0 Å². The van der Waals surface area contributed by atoms with E-state index in [0.717, 1.165) is 25.2 Å². The van der Waals surface area contributed by atoms with Crippen LogP contribution in [0.3, 0.4) is 0 Å². The summed E-state index contributed by atoms with van der Waals surface area (Å²) in [5.74, 6) is 0. The third kappa shape index (κ3) is 3.73. The zero-order valence-corrected chi connectivity index (χ0v) is 13.9. The molecule has 3 heteroatoms. The molecule has 21 heavy (non-hydrogen) atoms. The molecule has 2 rings (SSSR count). The van der Waals surface area contributed by atoms with Gasteiger partial charge in [-0.3, -0.25) is 4.68 Å². The van der Waals surface area contributed by atoms with Gasteiger partial charge in [-0.05, 0) is 63.4 Å². The minimum absolute atomic E-state index is 0.318. The van der Waals surface area contributed by atoms with Crippen LogP contribution < -0.4 is 5.32 Å². The van der Waals surface area contributed by atoms with Gasteiger partial charge in [-0.15, -0.1) is 0 Å². The third-order valence-corrected chi connectivity index (χ3v) is 4.05. The fourth-order valence-electron chi connectivity index (χ4n) is 2.79. The van der Waals surface area contributed by atoms with E-state index in [1.54, 1.807) is 0 Å². The van der Waals surface area contributed by atoms with Gasteiger partial charge in [0.15, 0.2) is 0 Å². The SMILES string of the molecule is CCNC(Cc1ccc(C)c(C)c1)c1cc(C)nn1CC. The lowest BCUT2D eigenvalue weighted by Gasteiger charge is -2.19. The first kappa shape index (κ1) is 15.8. The van der Waals surface area contributed by atoms with Crippen LogP contribution in [0.5, 0.6) is 0 Å². The first-order chi connectivity index (χ1) is 10.0. The number of hydrogen-bond donors (Lipinski definition) is 1. The maximum Gasteiger partial charge on any atom is 0.0597 e. The molecule has 0 spiro atoms. The summed E-state index contributed by atoms with van der Waals surface area (Å²) in [7, 11) is 0. The number of rotatable bonds is 6. The standard InChI is InChI=1S/C18H27N3/c1-6-19-17(18-11-15(5)20-21(18)7-2)12-16-9-8-13(3)14(4)10-16/h8-11,17,19H,6-7,12H2,1-5H3. The molecule has 0 radical (unpaired) electrons. The van der Waals surface area contributed by atoms with Crippen LogP contribution in [0.4, 0.5) is 0 Å². The molecule has 114 valence electrons. The zero-order chi connectivity index (χ0) is 15.4. The number of nitrogens with one attached hydrogen (secondary N) is 1. The molecular formula is C18H27N3.